The number of fused-ring (bicyclic) bond motifs is 1. The number of thiophene rings is 1. The van der Waals surface area contributed by atoms with Gasteiger partial charge in [0.25, 0.3) is 5.97 Å². The van der Waals surface area contributed by atoms with Gasteiger partial charge in [0, 0.05) is 76.5 Å². The average Bonchev–Trinajstić information content (AvgIpc) is 3.34. The number of rotatable bonds is 5. The molecule has 2 fully saturated rings. The summed E-state index contributed by atoms with van der Waals surface area (Å²) in [7, 11) is 2.20. The second-order valence-electron chi connectivity index (χ2n) is 12.3. The number of carbonyl (C=O) groups is 2. The second kappa shape index (κ2) is 13.0. The van der Waals surface area contributed by atoms with Crippen molar-refractivity contribution in [3.05, 3.63) is 58.6 Å². The molecular weight excluding hydrogens is 548 g/mol. The van der Waals surface area contributed by atoms with Gasteiger partial charge in [-0.25, -0.2) is 0 Å². The lowest BCUT2D eigenvalue weighted by atomic mass is 9.75. The first-order chi connectivity index (χ1) is 20.1. The van der Waals surface area contributed by atoms with E-state index in [9.17, 15) is 4.79 Å². The average molecular weight is 591 g/mol. The summed E-state index contributed by atoms with van der Waals surface area (Å²) in [6.45, 7) is 14.0. The highest BCUT2D eigenvalue weighted by molar-refractivity contribution is 7.19. The first kappa shape index (κ1) is 30.4. The third-order valence-electron chi connectivity index (χ3n) is 8.17. The van der Waals surface area contributed by atoms with Crippen LogP contribution < -0.4 is 4.90 Å². The van der Waals surface area contributed by atoms with Crippen molar-refractivity contribution in [3.8, 4) is 22.4 Å². The maximum absolute atomic E-state index is 13.3. The second-order valence-corrected chi connectivity index (χ2v) is 13.3. The Morgan fingerprint density at radius 1 is 1.05 bits per heavy atom. The number of ether oxygens (including phenoxy) is 1. The van der Waals surface area contributed by atoms with Gasteiger partial charge in [-0.15, -0.1) is 11.3 Å². The van der Waals surface area contributed by atoms with Crippen molar-refractivity contribution < 1.29 is 19.4 Å². The maximum Gasteiger partial charge on any atom is 0.300 e. The summed E-state index contributed by atoms with van der Waals surface area (Å²) in [6, 6.07) is 13.1. The van der Waals surface area contributed by atoms with Gasteiger partial charge in [-0.3, -0.25) is 19.5 Å². The molecule has 3 aliphatic rings. The number of aromatic nitrogens is 1. The molecule has 0 spiro atoms. The zero-order chi connectivity index (χ0) is 29.9. The number of ketones is 1. The van der Waals surface area contributed by atoms with Crippen LogP contribution in [-0.4, -0.2) is 91.2 Å². The third kappa shape index (κ3) is 7.09. The van der Waals surface area contributed by atoms with Crippen LogP contribution in [-0.2, 0) is 22.5 Å². The molecule has 224 valence electrons. The third-order valence-corrected chi connectivity index (χ3v) is 9.50. The molecule has 0 atom stereocenters. The van der Waals surface area contributed by atoms with Crippen molar-refractivity contribution in [1.82, 2.24) is 14.8 Å². The molecule has 0 radical (unpaired) electrons. The fourth-order valence-electron chi connectivity index (χ4n) is 6.08. The van der Waals surface area contributed by atoms with Crippen molar-refractivity contribution in [2.45, 2.75) is 40.2 Å². The van der Waals surface area contributed by atoms with E-state index in [4.69, 9.17) is 19.6 Å². The number of nitrogens with zero attached hydrogens (tertiary/aromatic N) is 4. The fourth-order valence-corrected chi connectivity index (χ4v) is 7.41. The number of benzene rings is 1. The zero-order valence-corrected chi connectivity index (χ0v) is 26.0. The minimum atomic E-state index is -0.833. The van der Waals surface area contributed by atoms with E-state index in [0.717, 1.165) is 88.5 Å². The molecule has 8 nitrogen and oxygen atoms in total. The summed E-state index contributed by atoms with van der Waals surface area (Å²) >= 11 is 1.69. The molecule has 1 aromatic carbocycles. The highest BCUT2D eigenvalue weighted by Gasteiger charge is 2.37. The number of morpholine rings is 1. The number of Topliss-reactive ketones (excluding diaryl/α,β-unsaturated/α-hetero) is 1. The Labute approximate surface area is 252 Å². The normalized spacial score (nSPS) is 19.1. The van der Waals surface area contributed by atoms with Gasteiger partial charge < -0.3 is 19.6 Å². The molecule has 2 aliphatic heterocycles. The van der Waals surface area contributed by atoms with Gasteiger partial charge >= 0.3 is 0 Å². The quantitative estimate of drug-likeness (QED) is 0.428. The number of carboxylic acids is 1. The topological polar surface area (TPSA) is 86.2 Å². The highest BCUT2D eigenvalue weighted by atomic mass is 32.1. The molecule has 2 aromatic heterocycles. The van der Waals surface area contributed by atoms with Gasteiger partial charge in [0.05, 0.1) is 28.8 Å². The summed E-state index contributed by atoms with van der Waals surface area (Å²) in [5.74, 6) is -0.547. The Balaban J connectivity index is 0.000000830. The lowest BCUT2D eigenvalue weighted by molar-refractivity contribution is -0.134. The molecule has 0 amide bonds. The first-order valence-electron chi connectivity index (χ1n) is 14.8. The number of pyridine rings is 1. The van der Waals surface area contributed by atoms with Gasteiger partial charge in [0.1, 0.15) is 0 Å². The molecular formula is C33H42N4O4S. The SMILES string of the molecule is CC(=O)O.CN1CCN(Cc2ccccc2-c2cc(-c3c(N4CCOCC4)sc4c3CC(C)(C)CC4=O)ccn2)CC1. The summed E-state index contributed by atoms with van der Waals surface area (Å²) in [5.41, 5.74) is 7.09. The summed E-state index contributed by atoms with van der Waals surface area (Å²) in [5, 5.41) is 8.63. The molecule has 1 N–H and O–H groups in total. The number of hydrogen-bond acceptors (Lipinski definition) is 8. The van der Waals surface area contributed by atoms with Gasteiger partial charge in [0.15, 0.2) is 5.78 Å². The molecule has 9 heteroatoms. The van der Waals surface area contributed by atoms with Crippen molar-refractivity contribution in [2.75, 3.05) is 64.4 Å². The predicted octanol–water partition coefficient (Wildman–Crippen LogP) is 5.31. The molecule has 0 unspecified atom stereocenters. The predicted molar refractivity (Wildman–Crippen MR) is 169 cm³/mol. The van der Waals surface area contributed by atoms with Crippen molar-refractivity contribution >= 4 is 28.1 Å². The van der Waals surface area contributed by atoms with E-state index in [1.807, 2.05) is 6.20 Å². The van der Waals surface area contributed by atoms with Crippen molar-refractivity contribution in [2.24, 2.45) is 5.41 Å². The van der Waals surface area contributed by atoms with E-state index in [1.165, 1.54) is 27.3 Å². The van der Waals surface area contributed by atoms with Gasteiger partial charge in [-0.1, -0.05) is 38.1 Å². The maximum atomic E-state index is 13.3. The first-order valence-corrected chi connectivity index (χ1v) is 15.6. The molecule has 1 aliphatic carbocycles. The van der Waals surface area contributed by atoms with Crippen LogP contribution in [0.5, 0.6) is 0 Å². The lowest BCUT2D eigenvalue weighted by Gasteiger charge is -2.32. The molecule has 0 bridgehead atoms. The number of likely N-dealkylation sites (N-methyl/N-ethyl adjacent to an activating group) is 1. The fraction of sp³-hybridized carbons (Fsp3) is 0.485. The molecule has 2 saturated heterocycles. The highest BCUT2D eigenvalue weighted by Crippen LogP contribution is 2.49. The van der Waals surface area contributed by atoms with E-state index >= 15 is 0 Å². The van der Waals surface area contributed by atoms with E-state index in [1.54, 1.807) is 11.3 Å². The van der Waals surface area contributed by atoms with Crippen molar-refractivity contribution in [3.63, 3.8) is 0 Å². The van der Waals surface area contributed by atoms with Crippen LogP contribution in [0.25, 0.3) is 22.4 Å². The molecule has 0 saturated carbocycles. The Hall–Kier alpha value is -3.11. The number of anilines is 1. The molecule has 4 heterocycles. The zero-order valence-electron chi connectivity index (χ0n) is 25.2. The number of aliphatic carboxylic acids is 1. The smallest absolute Gasteiger partial charge is 0.300 e. The van der Waals surface area contributed by atoms with E-state index in [2.05, 4.69) is 72.0 Å². The number of hydrogen-bond donors (Lipinski definition) is 1. The van der Waals surface area contributed by atoms with E-state index < -0.39 is 5.97 Å². The summed E-state index contributed by atoms with van der Waals surface area (Å²) in [4.78, 5) is 35.4. The van der Waals surface area contributed by atoms with Crippen LogP contribution in [0.1, 0.15) is 48.0 Å². The van der Waals surface area contributed by atoms with Crippen LogP contribution in [0, 0.1) is 5.41 Å². The van der Waals surface area contributed by atoms with Crippen LogP contribution in [0.3, 0.4) is 0 Å². The number of carbonyl (C=O) groups excluding carboxylic acids is 1. The van der Waals surface area contributed by atoms with E-state index in [-0.39, 0.29) is 11.2 Å². The van der Waals surface area contributed by atoms with Crippen LogP contribution in [0.2, 0.25) is 0 Å². The minimum absolute atomic E-state index is 0.0346. The van der Waals surface area contributed by atoms with Gasteiger partial charge in [-0.2, -0.15) is 0 Å². The monoisotopic (exact) mass is 590 g/mol. The minimum Gasteiger partial charge on any atom is -0.481 e. The van der Waals surface area contributed by atoms with Crippen LogP contribution >= 0.6 is 11.3 Å². The number of carboxylic acid groups (broad SMARTS) is 1. The lowest BCUT2D eigenvalue weighted by Crippen LogP contribution is -2.43. The molecule has 3 aromatic rings. The van der Waals surface area contributed by atoms with Crippen LogP contribution in [0.15, 0.2) is 42.6 Å². The van der Waals surface area contributed by atoms with E-state index in [0.29, 0.717) is 6.42 Å². The Morgan fingerprint density at radius 2 is 1.74 bits per heavy atom. The van der Waals surface area contributed by atoms with Gasteiger partial charge in [0.2, 0.25) is 0 Å². The Kier molecular flexibility index (Phi) is 9.42. The summed E-state index contributed by atoms with van der Waals surface area (Å²) in [6.07, 6.45) is 3.48. The standard InChI is InChI=1S/C31H38N4O2S.C2H4O2/c1-31(2)19-25-28(30(35-14-16-37-17-15-35)38-29(25)27(36)20-31)22-8-9-32-26(18-22)24-7-5-4-6-23(24)21-34-12-10-33(3)11-13-34;1-2(3)4/h4-9,18H,10-17,19-21H2,1-3H3;1H3,(H,3,4). The molecule has 6 rings (SSSR count). The Bertz CT molecular complexity index is 1420. The summed E-state index contributed by atoms with van der Waals surface area (Å²) < 4.78 is 5.66. The molecule has 42 heavy (non-hydrogen) atoms. The number of piperazine rings is 1. The van der Waals surface area contributed by atoms with Gasteiger partial charge in [-0.05, 0) is 47.7 Å². The van der Waals surface area contributed by atoms with Crippen molar-refractivity contribution in [1.29, 1.82) is 0 Å². The largest absolute Gasteiger partial charge is 0.481 e. The Morgan fingerprint density at radius 3 is 2.45 bits per heavy atom. The van der Waals surface area contributed by atoms with Crippen LogP contribution in [0.4, 0.5) is 5.00 Å².